The Labute approximate surface area is 182 Å². The first-order valence-corrected chi connectivity index (χ1v) is 10.8. The van der Waals surface area contributed by atoms with Gasteiger partial charge in [0, 0.05) is 31.7 Å². The van der Waals surface area contributed by atoms with Crippen LogP contribution in [0.1, 0.15) is 37.7 Å². The maximum absolute atomic E-state index is 12.3. The molecule has 0 unspecified atom stereocenters. The molecule has 2 aromatic rings. The Kier molecular flexibility index (Phi) is 6.56. The van der Waals surface area contributed by atoms with Gasteiger partial charge in [-0.25, -0.2) is 9.97 Å². The summed E-state index contributed by atoms with van der Waals surface area (Å²) in [7, 11) is 3.35. The third kappa shape index (κ3) is 4.74. The molecule has 1 aromatic heterocycles. The Hall–Kier alpha value is -2.87. The van der Waals surface area contributed by atoms with Crippen molar-refractivity contribution in [3.05, 3.63) is 30.1 Å². The number of nitrogens with zero attached hydrogens (tertiary/aromatic N) is 3. The molecular weight excluding hydrogens is 396 g/mol. The lowest BCUT2D eigenvalue weighted by atomic mass is 9.85. The highest BCUT2D eigenvalue weighted by molar-refractivity contribution is 5.94. The molecule has 8 heteroatoms. The van der Waals surface area contributed by atoms with Crippen molar-refractivity contribution in [1.82, 2.24) is 9.97 Å². The van der Waals surface area contributed by atoms with Crippen LogP contribution in [0.5, 0.6) is 17.2 Å². The van der Waals surface area contributed by atoms with E-state index in [1.54, 1.807) is 26.6 Å². The SMILES string of the molecule is COc1c(NC(=O)C2CCC2)ccc(Oc2cnc(N3CCC(OC)CC3)nc2)c1C. The van der Waals surface area contributed by atoms with E-state index in [2.05, 4.69) is 20.2 Å². The highest BCUT2D eigenvalue weighted by Gasteiger charge is 2.26. The van der Waals surface area contributed by atoms with Crippen LogP contribution in [0.2, 0.25) is 0 Å². The molecular formula is C23H30N4O4. The second-order valence-corrected chi connectivity index (χ2v) is 8.13. The Morgan fingerprint density at radius 2 is 1.81 bits per heavy atom. The van der Waals surface area contributed by atoms with Crippen molar-refractivity contribution in [3.8, 4) is 17.2 Å². The topological polar surface area (TPSA) is 85.8 Å². The molecule has 4 rings (SSSR count). The molecule has 0 atom stereocenters. The van der Waals surface area contributed by atoms with Gasteiger partial charge in [-0.3, -0.25) is 4.79 Å². The highest BCUT2D eigenvalue weighted by atomic mass is 16.5. The number of aromatic nitrogens is 2. The third-order valence-electron chi connectivity index (χ3n) is 6.19. The van der Waals surface area contributed by atoms with Crippen LogP contribution in [-0.2, 0) is 9.53 Å². The standard InChI is InChI=1S/C23H30N4O4/c1-15-20(8-7-19(21(15)30-3)26-22(28)16-5-4-6-16)31-18-13-24-23(25-14-18)27-11-9-17(29-2)10-12-27/h7-8,13-14,16-17H,4-6,9-12H2,1-3H3,(H,26,28). The molecule has 1 aliphatic carbocycles. The quantitative estimate of drug-likeness (QED) is 0.718. The number of methoxy groups -OCH3 is 2. The van der Waals surface area contributed by atoms with Crippen LogP contribution in [0.3, 0.4) is 0 Å². The van der Waals surface area contributed by atoms with Gasteiger partial charge >= 0.3 is 0 Å². The number of carbonyl (C=O) groups is 1. The van der Waals surface area contributed by atoms with Gasteiger partial charge in [-0.05, 0) is 44.7 Å². The molecule has 0 spiro atoms. The molecule has 1 saturated carbocycles. The van der Waals surface area contributed by atoms with Gasteiger partial charge in [-0.15, -0.1) is 0 Å². The predicted molar refractivity (Wildman–Crippen MR) is 118 cm³/mol. The van der Waals surface area contributed by atoms with Gasteiger partial charge in [0.2, 0.25) is 11.9 Å². The van der Waals surface area contributed by atoms with Crippen LogP contribution >= 0.6 is 0 Å². The smallest absolute Gasteiger partial charge is 0.227 e. The summed E-state index contributed by atoms with van der Waals surface area (Å²) in [6, 6.07) is 3.64. The second kappa shape index (κ2) is 9.51. The fraction of sp³-hybridized carbons (Fsp3) is 0.522. The van der Waals surface area contributed by atoms with Gasteiger partial charge in [-0.1, -0.05) is 6.42 Å². The third-order valence-corrected chi connectivity index (χ3v) is 6.19. The Morgan fingerprint density at radius 1 is 1.10 bits per heavy atom. The van der Waals surface area contributed by atoms with E-state index in [1.807, 2.05) is 19.1 Å². The fourth-order valence-electron chi connectivity index (χ4n) is 3.99. The number of nitrogens with one attached hydrogen (secondary N) is 1. The van der Waals surface area contributed by atoms with Gasteiger partial charge < -0.3 is 24.4 Å². The molecule has 31 heavy (non-hydrogen) atoms. The number of piperidine rings is 1. The summed E-state index contributed by atoms with van der Waals surface area (Å²) in [5.74, 6) is 2.64. The molecule has 2 fully saturated rings. The lowest BCUT2D eigenvalue weighted by Gasteiger charge is -2.31. The molecule has 1 N–H and O–H groups in total. The summed E-state index contributed by atoms with van der Waals surface area (Å²) >= 11 is 0. The van der Waals surface area contributed by atoms with Crippen LogP contribution < -0.4 is 19.7 Å². The van der Waals surface area contributed by atoms with Crippen molar-refractivity contribution < 1.29 is 19.0 Å². The maximum atomic E-state index is 12.3. The molecule has 2 heterocycles. The molecule has 1 saturated heterocycles. The Balaban J connectivity index is 1.43. The van der Waals surface area contributed by atoms with E-state index in [-0.39, 0.29) is 11.8 Å². The maximum Gasteiger partial charge on any atom is 0.227 e. The van der Waals surface area contributed by atoms with Crippen molar-refractivity contribution >= 4 is 17.5 Å². The molecule has 0 bridgehead atoms. The largest absolute Gasteiger partial charge is 0.494 e. The van der Waals surface area contributed by atoms with Gasteiger partial charge in [-0.2, -0.15) is 0 Å². The molecule has 2 aliphatic rings. The van der Waals surface area contributed by atoms with E-state index < -0.39 is 0 Å². The summed E-state index contributed by atoms with van der Waals surface area (Å²) in [5.41, 5.74) is 1.47. The normalized spacial score (nSPS) is 17.2. The summed E-state index contributed by atoms with van der Waals surface area (Å²) in [6.07, 6.45) is 8.66. The van der Waals surface area contributed by atoms with Crippen molar-refractivity contribution in [2.45, 2.75) is 45.1 Å². The molecule has 1 aromatic carbocycles. The lowest BCUT2D eigenvalue weighted by Crippen LogP contribution is -2.37. The number of rotatable bonds is 7. The Bertz CT molecular complexity index is 907. The monoisotopic (exact) mass is 426 g/mol. The molecule has 0 radical (unpaired) electrons. The zero-order valence-electron chi connectivity index (χ0n) is 18.4. The number of carbonyl (C=O) groups excluding carboxylic acids is 1. The van der Waals surface area contributed by atoms with Gasteiger partial charge in [0.15, 0.2) is 5.75 Å². The van der Waals surface area contributed by atoms with Crippen LogP contribution in [0.15, 0.2) is 24.5 Å². The predicted octanol–water partition coefficient (Wildman–Crippen LogP) is 3.94. The molecule has 1 aliphatic heterocycles. The first-order chi connectivity index (χ1) is 15.1. The minimum atomic E-state index is 0.0520. The van der Waals surface area contributed by atoms with E-state index in [1.165, 1.54) is 0 Å². The van der Waals surface area contributed by atoms with E-state index >= 15 is 0 Å². The van der Waals surface area contributed by atoms with Gasteiger partial charge in [0.05, 0.1) is 31.3 Å². The summed E-state index contributed by atoms with van der Waals surface area (Å²) < 4.78 is 17.0. The number of ether oxygens (including phenoxy) is 3. The van der Waals surface area contributed by atoms with Crippen molar-refractivity contribution in [2.24, 2.45) is 5.92 Å². The van der Waals surface area contributed by atoms with Crippen molar-refractivity contribution in [2.75, 3.05) is 37.5 Å². The molecule has 8 nitrogen and oxygen atoms in total. The number of hydrogen-bond donors (Lipinski definition) is 1. The number of anilines is 2. The van der Waals surface area contributed by atoms with E-state index in [0.29, 0.717) is 35.0 Å². The Morgan fingerprint density at radius 3 is 2.39 bits per heavy atom. The minimum Gasteiger partial charge on any atom is -0.494 e. The van der Waals surface area contributed by atoms with E-state index in [4.69, 9.17) is 14.2 Å². The fourth-order valence-corrected chi connectivity index (χ4v) is 3.99. The molecule has 1 amide bonds. The van der Waals surface area contributed by atoms with Crippen LogP contribution in [0, 0.1) is 12.8 Å². The van der Waals surface area contributed by atoms with E-state index in [0.717, 1.165) is 50.8 Å². The number of amides is 1. The lowest BCUT2D eigenvalue weighted by molar-refractivity contribution is -0.122. The zero-order valence-corrected chi connectivity index (χ0v) is 18.4. The van der Waals surface area contributed by atoms with Crippen molar-refractivity contribution in [3.63, 3.8) is 0 Å². The minimum absolute atomic E-state index is 0.0520. The zero-order chi connectivity index (χ0) is 21.8. The first-order valence-electron chi connectivity index (χ1n) is 10.8. The highest BCUT2D eigenvalue weighted by Crippen LogP contribution is 2.38. The first kappa shape index (κ1) is 21.4. The second-order valence-electron chi connectivity index (χ2n) is 8.13. The average Bonchev–Trinajstić information content (AvgIpc) is 2.75. The average molecular weight is 427 g/mol. The summed E-state index contributed by atoms with van der Waals surface area (Å²) in [5, 5.41) is 2.99. The van der Waals surface area contributed by atoms with Crippen molar-refractivity contribution in [1.29, 1.82) is 0 Å². The van der Waals surface area contributed by atoms with Crippen LogP contribution in [0.25, 0.3) is 0 Å². The van der Waals surface area contributed by atoms with Crippen LogP contribution in [0.4, 0.5) is 11.6 Å². The van der Waals surface area contributed by atoms with E-state index in [9.17, 15) is 4.79 Å². The van der Waals surface area contributed by atoms with Crippen LogP contribution in [-0.4, -0.2) is 49.3 Å². The molecule has 166 valence electrons. The number of benzene rings is 1. The summed E-state index contributed by atoms with van der Waals surface area (Å²) in [4.78, 5) is 23.4. The van der Waals surface area contributed by atoms with Gasteiger partial charge in [0.25, 0.3) is 0 Å². The number of hydrogen-bond acceptors (Lipinski definition) is 7. The summed E-state index contributed by atoms with van der Waals surface area (Å²) in [6.45, 7) is 3.66. The van der Waals surface area contributed by atoms with Gasteiger partial charge in [0.1, 0.15) is 11.5 Å².